The molecule has 0 atom stereocenters. The lowest BCUT2D eigenvalue weighted by Gasteiger charge is -2.13. The van der Waals surface area contributed by atoms with Crippen LogP contribution in [0.2, 0.25) is 0 Å². The van der Waals surface area contributed by atoms with Crippen LogP contribution in [0.5, 0.6) is 17.2 Å². The smallest absolute Gasteiger partial charge is 0.271 e. The molecule has 7 nitrogen and oxygen atoms in total. The molecule has 0 aliphatic carbocycles. The van der Waals surface area contributed by atoms with Crippen molar-refractivity contribution in [2.45, 2.75) is 6.92 Å². The molecule has 25 heavy (non-hydrogen) atoms. The molecule has 0 aliphatic rings. The van der Waals surface area contributed by atoms with E-state index in [9.17, 15) is 4.79 Å². The zero-order chi connectivity index (χ0) is 18.2. The topological polar surface area (TPSA) is 82.3 Å². The number of rotatable bonds is 7. The molecule has 2 rings (SSSR count). The Labute approximate surface area is 145 Å². The Bertz CT molecular complexity index is 754. The molecule has 0 aliphatic heterocycles. The molecular weight excluding hydrogens is 324 g/mol. The zero-order valence-corrected chi connectivity index (χ0v) is 14.5. The summed E-state index contributed by atoms with van der Waals surface area (Å²) in [6.07, 6.45) is 4.91. The molecule has 1 amide bonds. The molecule has 0 fully saturated rings. The summed E-state index contributed by atoms with van der Waals surface area (Å²) in [5.74, 6) is 1.51. The summed E-state index contributed by atoms with van der Waals surface area (Å²) in [5, 5.41) is 3.93. The molecule has 0 unspecified atom stereocenters. The van der Waals surface area contributed by atoms with Crippen LogP contribution in [0.15, 0.2) is 45.6 Å². The van der Waals surface area contributed by atoms with Crippen molar-refractivity contribution in [3.05, 3.63) is 47.4 Å². The number of benzene rings is 1. The fourth-order valence-corrected chi connectivity index (χ4v) is 2.10. The van der Waals surface area contributed by atoms with Gasteiger partial charge in [0.15, 0.2) is 11.5 Å². The Morgan fingerprint density at radius 2 is 1.84 bits per heavy atom. The van der Waals surface area contributed by atoms with Gasteiger partial charge >= 0.3 is 0 Å². The maximum absolute atomic E-state index is 12.3. The van der Waals surface area contributed by atoms with E-state index in [1.807, 2.05) is 13.0 Å². The van der Waals surface area contributed by atoms with E-state index in [1.54, 1.807) is 30.5 Å². The van der Waals surface area contributed by atoms with Gasteiger partial charge in [-0.05, 0) is 42.8 Å². The van der Waals surface area contributed by atoms with Crippen LogP contribution in [0, 0.1) is 0 Å². The summed E-state index contributed by atoms with van der Waals surface area (Å²) in [6.45, 7) is 1.84. The van der Waals surface area contributed by atoms with Crippen molar-refractivity contribution in [2.24, 2.45) is 5.10 Å². The van der Waals surface area contributed by atoms with Gasteiger partial charge in [0.2, 0.25) is 5.75 Å². The first-order valence-electron chi connectivity index (χ1n) is 7.44. The van der Waals surface area contributed by atoms with Crippen molar-refractivity contribution in [2.75, 3.05) is 21.3 Å². The number of hydrogen-bond donors (Lipinski definition) is 1. The summed E-state index contributed by atoms with van der Waals surface area (Å²) in [7, 11) is 4.47. The minimum atomic E-state index is -0.402. The van der Waals surface area contributed by atoms with Crippen molar-refractivity contribution in [1.82, 2.24) is 5.43 Å². The SMILES string of the molecule is COc1cc(C(=O)NN=CC(C)=Cc2ccco2)cc(OC)c1OC. The second kappa shape index (κ2) is 8.58. The third-order valence-electron chi connectivity index (χ3n) is 3.27. The fraction of sp³-hybridized carbons (Fsp3) is 0.222. The highest BCUT2D eigenvalue weighted by atomic mass is 16.5. The third-order valence-corrected chi connectivity index (χ3v) is 3.27. The number of nitrogens with one attached hydrogen (secondary N) is 1. The van der Waals surface area contributed by atoms with Gasteiger partial charge in [0.1, 0.15) is 5.76 Å². The van der Waals surface area contributed by atoms with Crippen LogP contribution in [0.1, 0.15) is 23.0 Å². The summed E-state index contributed by atoms with van der Waals surface area (Å²) in [4.78, 5) is 12.3. The summed E-state index contributed by atoms with van der Waals surface area (Å²) >= 11 is 0. The second-order valence-electron chi connectivity index (χ2n) is 5.02. The minimum Gasteiger partial charge on any atom is -0.493 e. The van der Waals surface area contributed by atoms with Gasteiger partial charge in [0.25, 0.3) is 5.91 Å². The zero-order valence-electron chi connectivity index (χ0n) is 14.5. The fourth-order valence-electron chi connectivity index (χ4n) is 2.10. The molecule has 1 heterocycles. The average Bonchev–Trinajstić information content (AvgIpc) is 3.12. The maximum atomic E-state index is 12.3. The van der Waals surface area contributed by atoms with Gasteiger partial charge in [-0.25, -0.2) is 5.43 Å². The van der Waals surface area contributed by atoms with E-state index in [-0.39, 0.29) is 0 Å². The highest BCUT2D eigenvalue weighted by molar-refractivity contribution is 5.96. The maximum Gasteiger partial charge on any atom is 0.271 e. The molecule has 0 saturated heterocycles. The van der Waals surface area contributed by atoms with Gasteiger partial charge in [-0.15, -0.1) is 0 Å². The molecule has 7 heteroatoms. The summed E-state index contributed by atoms with van der Waals surface area (Å²) in [5.41, 5.74) is 3.61. The molecule has 1 aromatic carbocycles. The van der Waals surface area contributed by atoms with Gasteiger partial charge in [-0.2, -0.15) is 5.10 Å². The number of amides is 1. The highest BCUT2D eigenvalue weighted by Crippen LogP contribution is 2.38. The van der Waals surface area contributed by atoms with E-state index in [2.05, 4.69) is 10.5 Å². The second-order valence-corrected chi connectivity index (χ2v) is 5.02. The van der Waals surface area contributed by atoms with E-state index < -0.39 is 5.91 Å². The van der Waals surface area contributed by atoms with E-state index in [0.717, 1.165) is 5.57 Å². The minimum absolute atomic E-state index is 0.333. The number of hydrogen-bond acceptors (Lipinski definition) is 6. The number of carbonyl (C=O) groups excluding carboxylic acids is 1. The summed E-state index contributed by atoms with van der Waals surface area (Å²) < 4.78 is 20.9. The van der Waals surface area contributed by atoms with E-state index in [1.165, 1.54) is 27.5 Å². The number of nitrogens with zero attached hydrogens (tertiary/aromatic N) is 1. The monoisotopic (exact) mass is 344 g/mol. The molecule has 2 aromatic rings. The van der Waals surface area contributed by atoms with Gasteiger partial charge in [0.05, 0.1) is 33.8 Å². The largest absolute Gasteiger partial charge is 0.493 e. The number of methoxy groups -OCH3 is 3. The average molecular weight is 344 g/mol. The van der Waals surface area contributed by atoms with Gasteiger partial charge in [0, 0.05) is 5.56 Å². The Balaban J connectivity index is 2.11. The molecule has 132 valence electrons. The van der Waals surface area contributed by atoms with Crippen LogP contribution in [0.3, 0.4) is 0 Å². The lowest BCUT2D eigenvalue weighted by molar-refractivity contribution is 0.0954. The Kier molecular flexibility index (Phi) is 6.22. The van der Waals surface area contributed by atoms with Crippen LogP contribution < -0.4 is 19.6 Å². The molecule has 1 aromatic heterocycles. The number of allylic oxidation sites excluding steroid dienone is 1. The first-order chi connectivity index (χ1) is 12.1. The first kappa shape index (κ1) is 18.1. The Hall–Kier alpha value is -3.22. The van der Waals surface area contributed by atoms with Crippen LogP contribution >= 0.6 is 0 Å². The summed E-state index contributed by atoms with van der Waals surface area (Å²) in [6, 6.07) is 6.73. The van der Waals surface area contributed by atoms with Crippen LogP contribution in [-0.4, -0.2) is 33.5 Å². The highest BCUT2D eigenvalue weighted by Gasteiger charge is 2.16. The van der Waals surface area contributed by atoms with Crippen molar-refractivity contribution >= 4 is 18.2 Å². The molecular formula is C18H20N2O5. The predicted octanol–water partition coefficient (Wildman–Crippen LogP) is 3.12. The molecule has 0 saturated carbocycles. The molecule has 1 N–H and O–H groups in total. The van der Waals surface area contributed by atoms with Crippen LogP contribution in [0.4, 0.5) is 0 Å². The number of ether oxygens (including phenoxy) is 3. The van der Waals surface area contributed by atoms with Crippen LogP contribution in [-0.2, 0) is 0 Å². The standard InChI is InChI=1S/C18H20N2O5/c1-12(8-14-6-5-7-25-14)11-19-20-18(21)13-9-15(22-2)17(24-4)16(10-13)23-3/h5-11H,1-4H3,(H,20,21). The van der Waals surface area contributed by atoms with E-state index in [4.69, 9.17) is 18.6 Å². The van der Waals surface area contributed by atoms with Crippen molar-refractivity contribution in [3.8, 4) is 17.2 Å². The quantitative estimate of drug-likeness (QED) is 0.616. The number of furan rings is 1. The molecule has 0 spiro atoms. The Morgan fingerprint density at radius 1 is 1.16 bits per heavy atom. The third kappa shape index (κ3) is 4.63. The molecule has 0 bridgehead atoms. The normalized spacial score (nSPS) is 11.4. The first-order valence-corrected chi connectivity index (χ1v) is 7.44. The van der Waals surface area contributed by atoms with E-state index >= 15 is 0 Å². The lowest BCUT2D eigenvalue weighted by atomic mass is 10.1. The van der Waals surface area contributed by atoms with Gasteiger partial charge < -0.3 is 18.6 Å². The lowest BCUT2D eigenvalue weighted by Crippen LogP contribution is -2.18. The molecule has 0 radical (unpaired) electrons. The predicted molar refractivity (Wildman–Crippen MR) is 94.4 cm³/mol. The van der Waals surface area contributed by atoms with E-state index in [0.29, 0.717) is 28.6 Å². The van der Waals surface area contributed by atoms with Crippen molar-refractivity contribution < 1.29 is 23.4 Å². The van der Waals surface area contributed by atoms with Crippen LogP contribution in [0.25, 0.3) is 6.08 Å². The Morgan fingerprint density at radius 3 is 2.36 bits per heavy atom. The van der Waals surface area contributed by atoms with Crippen molar-refractivity contribution in [1.29, 1.82) is 0 Å². The number of hydrazone groups is 1. The van der Waals surface area contributed by atoms with Gasteiger partial charge in [-0.3, -0.25) is 4.79 Å². The number of carbonyl (C=O) groups is 1. The van der Waals surface area contributed by atoms with Gasteiger partial charge in [-0.1, -0.05) is 0 Å². The van der Waals surface area contributed by atoms with Crippen molar-refractivity contribution in [3.63, 3.8) is 0 Å².